The largest absolute Gasteiger partial charge is 0.489 e. The number of nitrogen functional groups attached to an aromatic ring is 1. The molecule has 1 aliphatic rings. The summed E-state index contributed by atoms with van der Waals surface area (Å²) < 4.78 is 42.2. The number of aliphatic carboxylic acids is 1. The number of oxime groups is 1. The highest BCUT2D eigenvalue weighted by molar-refractivity contribution is 7.84. The van der Waals surface area contributed by atoms with Gasteiger partial charge in [-0.2, -0.15) is 13.1 Å². The molecule has 4 N–H and O–H groups in total. The average molecular weight is 664 g/mol. The summed E-state index contributed by atoms with van der Waals surface area (Å²) in [6.07, 6.45) is 5.71. The zero-order chi connectivity index (χ0) is 33.1. The number of nitrogens with two attached hydrogens (primary N) is 1. The van der Waals surface area contributed by atoms with Gasteiger partial charge in [0, 0.05) is 11.8 Å². The maximum atomic E-state index is 13.2. The van der Waals surface area contributed by atoms with Gasteiger partial charge >= 0.3 is 16.3 Å². The van der Waals surface area contributed by atoms with Crippen molar-refractivity contribution in [3.05, 3.63) is 47.7 Å². The smallest absolute Gasteiger partial charge is 0.362 e. The van der Waals surface area contributed by atoms with Crippen LogP contribution in [0.4, 0.5) is 5.13 Å². The van der Waals surface area contributed by atoms with Gasteiger partial charge < -0.3 is 20.4 Å². The van der Waals surface area contributed by atoms with E-state index in [-0.39, 0.29) is 15.1 Å². The predicted molar refractivity (Wildman–Crippen MR) is 163 cm³/mol. The number of β-lactam (4-membered cyclic amide) rings is 1. The third kappa shape index (κ3) is 7.49. The number of aromatic nitrogens is 3. The van der Waals surface area contributed by atoms with E-state index in [1.54, 1.807) is 12.1 Å². The van der Waals surface area contributed by atoms with Gasteiger partial charge in [0.05, 0.1) is 30.3 Å². The second kappa shape index (κ2) is 13.3. The number of hydrogen-bond acceptors (Lipinski definition) is 11. The molecule has 1 aromatic carbocycles. The molecule has 0 bridgehead atoms. The summed E-state index contributed by atoms with van der Waals surface area (Å²) in [6.45, 7) is 5.12. The highest BCUT2D eigenvalue weighted by Crippen LogP contribution is 2.32. The molecule has 0 radical (unpaired) electrons. The first kappa shape index (κ1) is 33.5. The zero-order valence-corrected chi connectivity index (χ0v) is 26.7. The summed E-state index contributed by atoms with van der Waals surface area (Å²) in [4.78, 5) is 47.2. The number of unbranched alkanes of at least 4 members (excludes halogenated alkanes) is 1. The van der Waals surface area contributed by atoms with Crippen LogP contribution in [0.25, 0.3) is 11.1 Å². The first-order valence-electron chi connectivity index (χ1n) is 14.0. The van der Waals surface area contributed by atoms with E-state index in [9.17, 15) is 32.5 Å². The van der Waals surface area contributed by atoms with E-state index in [4.69, 9.17) is 15.3 Å². The van der Waals surface area contributed by atoms with Gasteiger partial charge in [-0.05, 0) is 38.0 Å². The Morgan fingerprint density at radius 2 is 1.93 bits per heavy atom. The van der Waals surface area contributed by atoms with E-state index in [0.717, 1.165) is 41.9 Å². The van der Waals surface area contributed by atoms with Gasteiger partial charge in [0.2, 0.25) is 12.1 Å². The lowest BCUT2D eigenvalue weighted by Gasteiger charge is -2.41. The molecule has 3 heterocycles. The molecule has 0 saturated carbocycles. The number of carboxylic acid groups (broad SMARTS) is 1. The lowest BCUT2D eigenvalue weighted by atomic mass is 9.86. The number of aryl methyl sites for hydroxylation is 2. The fourth-order valence-electron chi connectivity index (χ4n) is 4.66. The number of carboxylic acids is 1. The van der Waals surface area contributed by atoms with Crippen LogP contribution in [0.15, 0.2) is 47.2 Å². The Kier molecular flexibility index (Phi) is 9.94. The van der Waals surface area contributed by atoms with E-state index in [0.29, 0.717) is 5.75 Å². The minimum atomic E-state index is -4.78. The SMILES string of the molecule is CCCCn1cc(-c2ccc(OC[C@](C)(O/N=C(\C(=O)C[C@@H]3C(=O)N(S(=O)(=O)O)[C@@H]3C)c3csc(N)n3)C(=O)O)cc2)c[n+]1C. The number of Topliss-reactive ketones (excluding diaryl/α,β-unsaturated/α-hetero) is 1. The second-order valence-corrected chi connectivity index (χ2v) is 13.0. The first-order chi connectivity index (χ1) is 21.1. The minimum absolute atomic E-state index is 0.0188. The Labute approximate surface area is 263 Å². The Morgan fingerprint density at radius 1 is 1.24 bits per heavy atom. The molecule has 1 saturated heterocycles. The summed E-state index contributed by atoms with van der Waals surface area (Å²) in [6, 6.07) is 6.10. The summed E-state index contributed by atoms with van der Waals surface area (Å²) in [5, 5.41) is 15.3. The van der Waals surface area contributed by atoms with Gasteiger partial charge in [-0.3, -0.25) is 14.1 Å². The number of ether oxygens (including phenoxy) is 1. The van der Waals surface area contributed by atoms with Gasteiger partial charge in [0.15, 0.2) is 23.7 Å². The van der Waals surface area contributed by atoms with Crippen molar-refractivity contribution in [1.82, 2.24) is 14.0 Å². The third-order valence-electron chi connectivity index (χ3n) is 7.42. The second-order valence-electron chi connectivity index (χ2n) is 10.8. The van der Waals surface area contributed by atoms with Gasteiger partial charge in [-0.25, -0.2) is 14.1 Å². The van der Waals surface area contributed by atoms with E-state index in [1.165, 1.54) is 19.2 Å². The van der Waals surface area contributed by atoms with Crippen molar-refractivity contribution in [2.24, 2.45) is 18.1 Å². The molecule has 2 aromatic heterocycles. The minimum Gasteiger partial charge on any atom is -0.489 e. The van der Waals surface area contributed by atoms with Crippen LogP contribution >= 0.6 is 11.3 Å². The number of benzene rings is 1. The summed E-state index contributed by atoms with van der Waals surface area (Å²) in [7, 11) is -2.81. The number of thiazole rings is 1. The molecule has 17 heteroatoms. The van der Waals surface area contributed by atoms with Crippen LogP contribution in [0, 0.1) is 5.92 Å². The van der Waals surface area contributed by atoms with Crippen LogP contribution in [0.2, 0.25) is 0 Å². The molecule has 242 valence electrons. The number of amides is 1. The third-order valence-corrected chi connectivity index (χ3v) is 9.11. The normalized spacial score (nSPS) is 18.3. The van der Waals surface area contributed by atoms with Crippen molar-refractivity contribution in [1.29, 1.82) is 0 Å². The van der Waals surface area contributed by atoms with Crippen molar-refractivity contribution < 1.29 is 46.7 Å². The Hall–Kier alpha value is -4.35. The van der Waals surface area contributed by atoms with Crippen molar-refractivity contribution in [2.45, 2.75) is 58.2 Å². The number of ketones is 1. The molecule has 0 spiro atoms. The molecule has 0 unspecified atom stereocenters. The van der Waals surface area contributed by atoms with Crippen molar-refractivity contribution in [2.75, 3.05) is 12.3 Å². The van der Waals surface area contributed by atoms with Crippen LogP contribution in [0.1, 0.15) is 45.7 Å². The van der Waals surface area contributed by atoms with E-state index in [2.05, 4.69) is 27.9 Å². The van der Waals surface area contributed by atoms with Gasteiger partial charge in [0.1, 0.15) is 18.1 Å². The standard InChI is InChI=1S/C28H34N6O9S2/c1-5-6-11-33-14-19(13-32(33)4)18-7-9-20(10-8-18)42-16-28(3,26(37)38)43-31-24(22-15-44-27(29)30-22)23(35)12-21-17(2)34(25(21)36)45(39,40)41/h7-10,13-15,17,21H,5-6,11-12,16H2,1-4H3,(H3-,29,30,37,38,39,40,41)/p+1/b31-24-/t17-,21+,28+/m1/s1. The van der Waals surface area contributed by atoms with Gasteiger partial charge in [-0.1, -0.05) is 30.6 Å². The summed E-state index contributed by atoms with van der Waals surface area (Å²) >= 11 is 0.992. The number of rotatable bonds is 15. The van der Waals surface area contributed by atoms with E-state index in [1.807, 2.05) is 30.1 Å². The van der Waals surface area contributed by atoms with E-state index >= 15 is 0 Å². The fraction of sp³-hybridized carbons (Fsp3) is 0.429. The summed E-state index contributed by atoms with van der Waals surface area (Å²) in [5.74, 6) is -3.87. The highest BCUT2D eigenvalue weighted by Gasteiger charge is 2.51. The van der Waals surface area contributed by atoms with Crippen LogP contribution in [-0.2, 0) is 43.1 Å². The Balaban J connectivity index is 1.48. The average Bonchev–Trinajstić information content (AvgIpc) is 3.58. The Bertz CT molecular complexity index is 1720. The Morgan fingerprint density at radius 3 is 2.49 bits per heavy atom. The fourth-order valence-corrected chi connectivity index (χ4v) is 6.13. The molecule has 4 rings (SSSR count). The quantitative estimate of drug-likeness (QED) is 0.0705. The molecule has 1 amide bonds. The molecule has 15 nitrogen and oxygen atoms in total. The number of carbonyl (C=O) groups is 3. The molecule has 45 heavy (non-hydrogen) atoms. The molecular formula is C28H35N6O9S2+. The molecule has 3 atom stereocenters. The van der Waals surface area contributed by atoms with Crippen molar-refractivity contribution in [3.8, 4) is 16.9 Å². The number of carbonyl (C=O) groups excluding carboxylic acids is 2. The van der Waals surface area contributed by atoms with Gasteiger partial charge in [0.25, 0.3) is 5.60 Å². The highest BCUT2D eigenvalue weighted by atomic mass is 32.2. The van der Waals surface area contributed by atoms with Crippen LogP contribution in [0.3, 0.4) is 0 Å². The van der Waals surface area contributed by atoms with Crippen LogP contribution in [-0.4, -0.2) is 73.7 Å². The number of anilines is 1. The lowest BCUT2D eigenvalue weighted by molar-refractivity contribution is -0.753. The molecular weight excluding hydrogens is 628 g/mol. The first-order valence-corrected chi connectivity index (χ1v) is 16.3. The molecule has 1 aliphatic heterocycles. The zero-order valence-electron chi connectivity index (χ0n) is 25.1. The number of hydrogen-bond donors (Lipinski definition) is 3. The lowest BCUT2D eigenvalue weighted by Crippen LogP contribution is -2.62. The number of nitrogens with zero attached hydrogens (tertiary/aromatic N) is 5. The van der Waals surface area contributed by atoms with Crippen LogP contribution in [0.5, 0.6) is 5.75 Å². The molecule has 0 aliphatic carbocycles. The van der Waals surface area contributed by atoms with Crippen LogP contribution < -0.4 is 15.2 Å². The topological polar surface area (TPSA) is 208 Å². The maximum absolute atomic E-state index is 13.2. The van der Waals surface area contributed by atoms with Crippen molar-refractivity contribution in [3.63, 3.8) is 0 Å². The predicted octanol–water partition coefficient (Wildman–Crippen LogP) is 2.07. The maximum Gasteiger partial charge on any atom is 0.362 e. The monoisotopic (exact) mass is 663 g/mol. The van der Waals surface area contributed by atoms with Crippen molar-refractivity contribution >= 4 is 50.1 Å². The molecule has 3 aromatic rings. The molecule has 1 fully saturated rings. The van der Waals surface area contributed by atoms with Gasteiger partial charge in [-0.15, -0.1) is 16.0 Å². The summed E-state index contributed by atoms with van der Waals surface area (Å²) in [5.41, 5.74) is 5.18. The van der Waals surface area contributed by atoms with E-state index < -0.39 is 64.3 Å².